The third-order valence-corrected chi connectivity index (χ3v) is 3.34. The number of hydrogen-bond acceptors (Lipinski definition) is 3. The van der Waals surface area contributed by atoms with Crippen molar-refractivity contribution in [1.29, 1.82) is 0 Å². The Morgan fingerprint density at radius 1 is 0.714 bits per heavy atom. The Morgan fingerprint density at radius 2 is 1.43 bits per heavy atom. The van der Waals surface area contributed by atoms with E-state index in [9.17, 15) is 10.2 Å². The van der Waals surface area contributed by atoms with Crippen LogP contribution in [0.4, 0.5) is 0 Å². The molecule has 1 aromatic heterocycles. The van der Waals surface area contributed by atoms with Gasteiger partial charge in [0.15, 0.2) is 0 Å². The molecule has 0 radical (unpaired) electrons. The second kappa shape index (κ2) is 5.67. The summed E-state index contributed by atoms with van der Waals surface area (Å²) in [6, 6.07) is 20.2. The van der Waals surface area contributed by atoms with Gasteiger partial charge in [0.05, 0.1) is 11.4 Å². The summed E-state index contributed by atoms with van der Waals surface area (Å²) in [6.07, 6.45) is 0.550. The van der Waals surface area contributed by atoms with E-state index in [0.717, 1.165) is 5.56 Å². The average Bonchev–Trinajstić information content (AvgIpc) is 2.51. The lowest BCUT2D eigenvalue weighted by Gasteiger charge is -2.08. The first kappa shape index (κ1) is 13.2. The molecule has 0 spiro atoms. The molecule has 2 N–H and O–H groups in total. The highest BCUT2D eigenvalue weighted by molar-refractivity contribution is 5.67. The van der Waals surface area contributed by atoms with Crippen molar-refractivity contribution in [1.82, 2.24) is 4.98 Å². The van der Waals surface area contributed by atoms with E-state index in [2.05, 4.69) is 4.98 Å². The molecule has 0 saturated carbocycles. The van der Waals surface area contributed by atoms with Gasteiger partial charge in [-0.1, -0.05) is 42.5 Å². The van der Waals surface area contributed by atoms with E-state index >= 15 is 0 Å². The smallest absolute Gasteiger partial charge is 0.137 e. The van der Waals surface area contributed by atoms with Crippen molar-refractivity contribution < 1.29 is 10.2 Å². The van der Waals surface area contributed by atoms with E-state index in [4.69, 9.17) is 0 Å². The standard InChI is InChI=1S/C18H15NO2/c20-17-9-5-4-8-14(17)15-10-11-18(21)16(19-15)12-13-6-2-1-3-7-13/h1-11,20-21H,12H2. The van der Waals surface area contributed by atoms with E-state index in [0.29, 0.717) is 23.4 Å². The minimum atomic E-state index is 0.165. The molecule has 104 valence electrons. The summed E-state index contributed by atoms with van der Waals surface area (Å²) in [5, 5.41) is 19.9. The van der Waals surface area contributed by atoms with Gasteiger partial charge in [-0.2, -0.15) is 0 Å². The van der Waals surface area contributed by atoms with Crippen LogP contribution in [-0.4, -0.2) is 15.2 Å². The lowest BCUT2D eigenvalue weighted by atomic mass is 10.1. The van der Waals surface area contributed by atoms with Crippen molar-refractivity contribution in [3.63, 3.8) is 0 Å². The van der Waals surface area contributed by atoms with Crippen LogP contribution in [0.5, 0.6) is 11.5 Å². The first-order valence-corrected chi connectivity index (χ1v) is 6.75. The molecule has 3 nitrogen and oxygen atoms in total. The maximum atomic E-state index is 9.99. The number of rotatable bonds is 3. The summed E-state index contributed by atoms with van der Waals surface area (Å²) in [7, 11) is 0. The van der Waals surface area contributed by atoms with Crippen molar-refractivity contribution in [3.05, 3.63) is 78.0 Å². The molecule has 3 heteroatoms. The molecule has 1 heterocycles. The highest BCUT2D eigenvalue weighted by atomic mass is 16.3. The van der Waals surface area contributed by atoms with Crippen LogP contribution in [0.15, 0.2) is 66.7 Å². The van der Waals surface area contributed by atoms with Crippen LogP contribution < -0.4 is 0 Å². The second-order valence-electron chi connectivity index (χ2n) is 4.84. The van der Waals surface area contributed by atoms with Crippen molar-refractivity contribution in [2.24, 2.45) is 0 Å². The van der Waals surface area contributed by atoms with E-state index in [-0.39, 0.29) is 11.5 Å². The fraction of sp³-hybridized carbons (Fsp3) is 0.0556. The highest BCUT2D eigenvalue weighted by Gasteiger charge is 2.09. The molecule has 0 aliphatic heterocycles. The van der Waals surface area contributed by atoms with Crippen molar-refractivity contribution >= 4 is 0 Å². The van der Waals surface area contributed by atoms with Gasteiger partial charge in [-0.25, -0.2) is 4.98 Å². The summed E-state index contributed by atoms with van der Waals surface area (Å²) < 4.78 is 0. The molecule has 0 saturated heterocycles. The zero-order valence-corrected chi connectivity index (χ0v) is 11.4. The van der Waals surface area contributed by atoms with Crippen molar-refractivity contribution in [2.45, 2.75) is 6.42 Å². The van der Waals surface area contributed by atoms with E-state index < -0.39 is 0 Å². The molecule has 3 aromatic rings. The monoisotopic (exact) mass is 277 g/mol. The Hall–Kier alpha value is -2.81. The average molecular weight is 277 g/mol. The number of aromatic hydroxyl groups is 2. The normalized spacial score (nSPS) is 10.5. The number of para-hydroxylation sites is 1. The molecule has 0 amide bonds. The molecule has 0 aliphatic rings. The fourth-order valence-corrected chi connectivity index (χ4v) is 2.25. The molecule has 0 atom stereocenters. The second-order valence-corrected chi connectivity index (χ2v) is 4.84. The Morgan fingerprint density at radius 3 is 2.19 bits per heavy atom. The summed E-state index contributed by atoms with van der Waals surface area (Å²) in [5.41, 5.74) is 2.99. The Bertz CT molecular complexity index is 754. The van der Waals surface area contributed by atoms with Gasteiger partial charge < -0.3 is 10.2 Å². The molecular formula is C18H15NO2. The number of phenols is 1. The molecule has 3 rings (SSSR count). The minimum absolute atomic E-state index is 0.165. The summed E-state index contributed by atoms with van der Waals surface area (Å²) in [4.78, 5) is 4.49. The van der Waals surface area contributed by atoms with Crippen LogP contribution in [0, 0.1) is 0 Å². The third-order valence-electron chi connectivity index (χ3n) is 3.34. The fourth-order valence-electron chi connectivity index (χ4n) is 2.25. The molecule has 2 aromatic carbocycles. The molecule has 0 bridgehead atoms. The number of nitrogens with zero attached hydrogens (tertiary/aromatic N) is 1. The zero-order valence-electron chi connectivity index (χ0n) is 11.4. The molecule has 0 unspecified atom stereocenters. The van der Waals surface area contributed by atoms with Gasteiger partial charge in [-0.05, 0) is 29.8 Å². The number of benzene rings is 2. The SMILES string of the molecule is Oc1ccccc1-c1ccc(O)c(Cc2ccccc2)n1. The highest BCUT2D eigenvalue weighted by Crippen LogP contribution is 2.29. The summed E-state index contributed by atoms with van der Waals surface area (Å²) in [6.45, 7) is 0. The van der Waals surface area contributed by atoms with Gasteiger partial charge in [0.1, 0.15) is 11.5 Å². The van der Waals surface area contributed by atoms with Crippen LogP contribution in [-0.2, 0) is 6.42 Å². The Balaban J connectivity index is 1.99. The van der Waals surface area contributed by atoms with E-state index in [1.165, 1.54) is 0 Å². The maximum absolute atomic E-state index is 9.99. The van der Waals surface area contributed by atoms with E-state index in [1.807, 2.05) is 36.4 Å². The summed E-state index contributed by atoms with van der Waals surface area (Å²) >= 11 is 0. The first-order valence-electron chi connectivity index (χ1n) is 6.75. The molecular weight excluding hydrogens is 262 g/mol. The van der Waals surface area contributed by atoms with Crippen molar-refractivity contribution in [3.8, 4) is 22.8 Å². The minimum Gasteiger partial charge on any atom is -0.507 e. The topological polar surface area (TPSA) is 53.4 Å². The Kier molecular flexibility index (Phi) is 3.56. The van der Waals surface area contributed by atoms with Gasteiger partial charge in [-0.15, -0.1) is 0 Å². The van der Waals surface area contributed by atoms with Crippen LogP contribution >= 0.6 is 0 Å². The number of phenolic OH excluding ortho intramolecular Hbond substituents is 1. The van der Waals surface area contributed by atoms with Crippen LogP contribution in [0.25, 0.3) is 11.3 Å². The lowest BCUT2D eigenvalue weighted by Crippen LogP contribution is -1.95. The number of pyridine rings is 1. The maximum Gasteiger partial charge on any atom is 0.137 e. The number of hydrogen-bond donors (Lipinski definition) is 2. The van der Waals surface area contributed by atoms with Gasteiger partial charge in [-0.3, -0.25) is 0 Å². The van der Waals surface area contributed by atoms with Gasteiger partial charge in [0.25, 0.3) is 0 Å². The van der Waals surface area contributed by atoms with Gasteiger partial charge in [0.2, 0.25) is 0 Å². The summed E-state index contributed by atoms with van der Waals surface area (Å²) in [5.74, 6) is 0.347. The van der Waals surface area contributed by atoms with Crippen LogP contribution in [0.2, 0.25) is 0 Å². The number of aromatic nitrogens is 1. The van der Waals surface area contributed by atoms with Gasteiger partial charge in [0, 0.05) is 12.0 Å². The third kappa shape index (κ3) is 2.87. The largest absolute Gasteiger partial charge is 0.507 e. The first-order chi connectivity index (χ1) is 10.2. The molecule has 0 fully saturated rings. The Labute approximate surface area is 123 Å². The lowest BCUT2D eigenvalue weighted by molar-refractivity contribution is 0.465. The zero-order chi connectivity index (χ0) is 14.7. The molecule has 21 heavy (non-hydrogen) atoms. The van der Waals surface area contributed by atoms with Crippen LogP contribution in [0.1, 0.15) is 11.3 Å². The predicted octanol–water partition coefficient (Wildman–Crippen LogP) is 3.75. The predicted molar refractivity (Wildman–Crippen MR) is 82.3 cm³/mol. The van der Waals surface area contributed by atoms with E-state index in [1.54, 1.807) is 30.3 Å². The quantitative estimate of drug-likeness (QED) is 0.766. The van der Waals surface area contributed by atoms with Crippen molar-refractivity contribution in [2.75, 3.05) is 0 Å². The van der Waals surface area contributed by atoms with Gasteiger partial charge >= 0.3 is 0 Å². The molecule has 0 aliphatic carbocycles. The van der Waals surface area contributed by atoms with Crippen LogP contribution in [0.3, 0.4) is 0 Å².